The predicted molar refractivity (Wildman–Crippen MR) is 123 cm³/mol. The molecule has 7 heteroatoms. The number of aromatic amines is 1. The maximum atomic E-state index is 13.3. The van der Waals surface area contributed by atoms with Crippen LogP contribution in [0.1, 0.15) is 16.7 Å². The van der Waals surface area contributed by atoms with E-state index in [2.05, 4.69) is 32.7 Å². The first-order valence-corrected chi connectivity index (χ1v) is 8.94. The van der Waals surface area contributed by atoms with Gasteiger partial charge >= 0.3 is 0 Å². The molecule has 2 aromatic carbocycles. The highest BCUT2D eigenvalue weighted by Crippen LogP contribution is 2.20. The molecule has 0 aliphatic rings. The van der Waals surface area contributed by atoms with Crippen LogP contribution in [-0.4, -0.2) is 31.6 Å². The lowest BCUT2D eigenvalue weighted by atomic mass is 10.1. The van der Waals surface area contributed by atoms with Crippen molar-refractivity contribution in [2.75, 3.05) is 20.7 Å². The van der Waals surface area contributed by atoms with Gasteiger partial charge in [0.25, 0.3) is 0 Å². The molecule has 0 saturated heterocycles. The smallest absolute Gasteiger partial charge is 0.191 e. The number of ether oxygens (including phenoxy) is 1. The maximum Gasteiger partial charge on any atom is 0.191 e. The van der Waals surface area contributed by atoms with Crippen molar-refractivity contribution < 1.29 is 9.13 Å². The van der Waals surface area contributed by atoms with Crippen molar-refractivity contribution in [1.82, 2.24) is 15.6 Å². The Labute approximate surface area is 181 Å². The highest BCUT2D eigenvalue weighted by Gasteiger charge is 2.07. The van der Waals surface area contributed by atoms with Gasteiger partial charge in [-0.25, -0.2) is 4.39 Å². The molecule has 0 atom stereocenters. The monoisotopic (exact) mass is 496 g/mol. The molecule has 0 saturated carbocycles. The van der Waals surface area contributed by atoms with E-state index in [1.807, 2.05) is 25.3 Å². The van der Waals surface area contributed by atoms with Crippen molar-refractivity contribution in [2.45, 2.75) is 19.9 Å². The number of aromatic nitrogens is 1. The van der Waals surface area contributed by atoms with Gasteiger partial charge < -0.3 is 20.4 Å². The van der Waals surface area contributed by atoms with Crippen LogP contribution in [0.15, 0.2) is 47.6 Å². The van der Waals surface area contributed by atoms with Crippen LogP contribution in [0, 0.1) is 12.7 Å². The molecular weight excluding hydrogens is 470 g/mol. The van der Waals surface area contributed by atoms with E-state index in [0.29, 0.717) is 6.54 Å². The first-order chi connectivity index (χ1) is 13.1. The van der Waals surface area contributed by atoms with Gasteiger partial charge in [0.05, 0.1) is 7.11 Å². The fraction of sp³-hybridized carbons (Fsp3) is 0.286. The van der Waals surface area contributed by atoms with Crippen LogP contribution in [0.4, 0.5) is 4.39 Å². The molecule has 1 heterocycles. The van der Waals surface area contributed by atoms with Crippen molar-refractivity contribution in [3.05, 3.63) is 65.1 Å². The molecule has 3 N–H and O–H groups in total. The van der Waals surface area contributed by atoms with Gasteiger partial charge in [-0.05, 0) is 48.7 Å². The Hall–Kier alpha value is -2.29. The largest absolute Gasteiger partial charge is 0.496 e. The standard InChI is InChI=1S/C21H25FN4O.HI/c1-14-4-5-16(20(10-14)27-3)13-26-21(23-2)24-9-8-15-12-25-19-11-17(22)6-7-18(15)19;/h4-7,10-12,25H,8-9,13H2,1-3H3,(H2,23,24,26);1H. The third-order valence-corrected chi connectivity index (χ3v) is 4.53. The van der Waals surface area contributed by atoms with E-state index in [4.69, 9.17) is 4.74 Å². The molecule has 0 aliphatic heterocycles. The summed E-state index contributed by atoms with van der Waals surface area (Å²) in [7, 11) is 3.43. The molecule has 0 aliphatic carbocycles. The van der Waals surface area contributed by atoms with Gasteiger partial charge in [0.15, 0.2) is 5.96 Å². The molecule has 28 heavy (non-hydrogen) atoms. The summed E-state index contributed by atoms with van der Waals surface area (Å²) in [5.41, 5.74) is 4.20. The minimum atomic E-state index is -0.231. The van der Waals surface area contributed by atoms with E-state index >= 15 is 0 Å². The number of benzene rings is 2. The van der Waals surface area contributed by atoms with Crippen molar-refractivity contribution >= 4 is 40.8 Å². The van der Waals surface area contributed by atoms with Crippen LogP contribution in [0.3, 0.4) is 0 Å². The molecule has 0 spiro atoms. The van der Waals surface area contributed by atoms with Gasteiger partial charge in [-0.15, -0.1) is 24.0 Å². The third kappa shape index (κ3) is 5.37. The van der Waals surface area contributed by atoms with Gasteiger partial charge in [-0.1, -0.05) is 12.1 Å². The van der Waals surface area contributed by atoms with Crippen LogP contribution in [-0.2, 0) is 13.0 Å². The average molecular weight is 496 g/mol. The lowest BCUT2D eigenvalue weighted by molar-refractivity contribution is 0.408. The lowest BCUT2D eigenvalue weighted by Crippen LogP contribution is -2.37. The van der Waals surface area contributed by atoms with Crippen LogP contribution in [0.25, 0.3) is 10.9 Å². The first-order valence-electron chi connectivity index (χ1n) is 8.94. The van der Waals surface area contributed by atoms with Gasteiger partial charge in [-0.3, -0.25) is 4.99 Å². The second-order valence-electron chi connectivity index (χ2n) is 6.42. The fourth-order valence-corrected chi connectivity index (χ4v) is 3.08. The predicted octanol–water partition coefficient (Wildman–Crippen LogP) is 4.15. The summed E-state index contributed by atoms with van der Waals surface area (Å²) in [4.78, 5) is 7.38. The van der Waals surface area contributed by atoms with E-state index in [1.165, 1.54) is 12.1 Å². The van der Waals surface area contributed by atoms with Gasteiger partial charge in [0, 0.05) is 42.8 Å². The molecule has 0 fully saturated rings. The summed E-state index contributed by atoms with van der Waals surface area (Å²) in [6.45, 7) is 3.38. The summed E-state index contributed by atoms with van der Waals surface area (Å²) >= 11 is 0. The maximum absolute atomic E-state index is 13.3. The molecule has 0 unspecified atom stereocenters. The zero-order valence-corrected chi connectivity index (χ0v) is 18.6. The summed E-state index contributed by atoms with van der Waals surface area (Å²) in [6, 6.07) is 11.0. The molecule has 150 valence electrons. The van der Waals surface area contributed by atoms with Crippen LogP contribution in [0.2, 0.25) is 0 Å². The quantitative estimate of drug-likeness (QED) is 0.273. The van der Waals surface area contributed by atoms with Crippen molar-refractivity contribution in [1.29, 1.82) is 0 Å². The Morgan fingerprint density at radius 3 is 2.71 bits per heavy atom. The minimum absolute atomic E-state index is 0. The number of fused-ring (bicyclic) bond motifs is 1. The second kappa shape index (κ2) is 10.3. The lowest BCUT2D eigenvalue weighted by Gasteiger charge is -2.14. The topological polar surface area (TPSA) is 61.4 Å². The number of guanidine groups is 1. The Morgan fingerprint density at radius 2 is 1.96 bits per heavy atom. The normalized spacial score (nSPS) is 11.2. The van der Waals surface area contributed by atoms with E-state index < -0.39 is 0 Å². The molecule has 3 aromatic rings. The molecule has 1 aromatic heterocycles. The van der Waals surface area contributed by atoms with Gasteiger partial charge in [0.1, 0.15) is 11.6 Å². The van der Waals surface area contributed by atoms with Gasteiger partial charge in [-0.2, -0.15) is 0 Å². The summed E-state index contributed by atoms with van der Waals surface area (Å²) in [5, 5.41) is 7.67. The number of nitrogens with zero attached hydrogens (tertiary/aromatic N) is 1. The SMILES string of the molecule is CN=C(NCCc1c[nH]c2cc(F)ccc12)NCc1ccc(C)cc1OC.I. The van der Waals surface area contributed by atoms with Crippen molar-refractivity contribution in [2.24, 2.45) is 4.99 Å². The van der Waals surface area contributed by atoms with Gasteiger partial charge in [0.2, 0.25) is 0 Å². The Bertz CT molecular complexity index is 955. The second-order valence-corrected chi connectivity index (χ2v) is 6.42. The summed E-state index contributed by atoms with van der Waals surface area (Å²) in [5.74, 6) is 1.36. The number of aliphatic imine (C=N–C) groups is 1. The molecule has 0 amide bonds. The summed E-state index contributed by atoms with van der Waals surface area (Å²) in [6.07, 6.45) is 2.74. The van der Waals surface area contributed by atoms with E-state index in [-0.39, 0.29) is 29.8 Å². The number of aryl methyl sites for hydroxylation is 1. The minimum Gasteiger partial charge on any atom is -0.496 e. The zero-order valence-electron chi connectivity index (χ0n) is 16.3. The molecule has 3 rings (SSSR count). The number of hydrogen-bond acceptors (Lipinski definition) is 2. The van der Waals surface area contributed by atoms with E-state index in [1.54, 1.807) is 14.2 Å². The molecule has 0 bridgehead atoms. The number of nitrogens with one attached hydrogen (secondary N) is 3. The number of halogens is 2. The fourth-order valence-electron chi connectivity index (χ4n) is 3.08. The average Bonchev–Trinajstić information content (AvgIpc) is 3.07. The van der Waals surface area contributed by atoms with Crippen LogP contribution >= 0.6 is 24.0 Å². The van der Waals surface area contributed by atoms with Crippen LogP contribution in [0.5, 0.6) is 5.75 Å². The van der Waals surface area contributed by atoms with Crippen LogP contribution < -0.4 is 15.4 Å². The molecule has 5 nitrogen and oxygen atoms in total. The number of rotatable bonds is 6. The number of H-pyrrole nitrogens is 1. The number of methoxy groups -OCH3 is 1. The first kappa shape index (κ1) is 22.0. The number of hydrogen-bond donors (Lipinski definition) is 3. The Kier molecular flexibility index (Phi) is 8.10. The molecule has 0 radical (unpaired) electrons. The highest BCUT2D eigenvalue weighted by molar-refractivity contribution is 14.0. The highest BCUT2D eigenvalue weighted by atomic mass is 127. The van der Waals surface area contributed by atoms with E-state index in [9.17, 15) is 4.39 Å². The van der Waals surface area contributed by atoms with Crippen molar-refractivity contribution in [3.63, 3.8) is 0 Å². The Balaban J connectivity index is 0.00000280. The Morgan fingerprint density at radius 1 is 1.14 bits per heavy atom. The third-order valence-electron chi connectivity index (χ3n) is 4.53. The van der Waals surface area contributed by atoms with Crippen molar-refractivity contribution in [3.8, 4) is 5.75 Å². The zero-order chi connectivity index (χ0) is 19.2. The molecular formula is C21H26FIN4O. The van der Waals surface area contributed by atoms with E-state index in [0.717, 1.165) is 52.3 Å². The summed E-state index contributed by atoms with van der Waals surface area (Å²) < 4.78 is 18.7.